The molecule has 114 valence electrons. The molecule has 0 radical (unpaired) electrons. The van der Waals surface area contributed by atoms with Gasteiger partial charge in [-0.25, -0.2) is 0 Å². The second-order valence-electron chi connectivity index (χ2n) is 5.11. The van der Waals surface area contributed by atoms with Crippen LogP contribution < -0.4 is 5.32 Å². The smallest absolute Gasteiger partial charge is 0.138 e. The molecule has 2 atom stereocenters. The lowest BCUT2D eigenvalue weighted by molar-refractivity contribution is 0.389. The van der Waals surface area contributed by atoms with Crippen molar-refractivity contribution in [1.29, 1.82) is 0 Å². The minimum absolute atomic E-state index is 0.0102. The second kappa shape index (κ2) is 6.57. The van der Waals surface area contributed by atoms with Crippen LogP contribution in [0, 0.1) is 13.8 Å². The molecule has 0 amide bonds. The van der Waals surface area contributed by atoms with E-state index in [0.29, 0.717) is 15.1 Å². The predicted molar refractivity (Wildman–Crippen MR) is 87.4 cm³/mol. The second-order valence-corrected chi connectivity index (χ2v) is 6.28. The highest BCUT2D eigenvalue weighted by atomic mass is 35.5. The number of halogens is 3. The third kappa shape index (κ3) is 3.37. The van der Waals surface area contributed by atoms with Crippen molar-refractivity contribution in [2.45, 2.75) is 39.8 Å². The number of aromatic nitrogens is 1. The maximum atomic E-state index is 6.28. The molecule has 2 aromatic rings. The van der Waals surface area contributed by atoms with Crippen molar-refractivity contribution >= 4 is 34.8 Å². The van der Waals surface area contributed by atoms with E-state index in [9.17, 15) is 0 Å². The van der Waals surface area contributed by atoms with Crippen LogP contribution in [0.2, 0.25) is 15.1 Å². The summed E-state index contributed by atoms with van der Waals surface area (Å²) in [5, 5.41) is 8.78. The topological polar surface area (TPSA) is 38.1 Å². The van der Waals surface area contributed by atoms with Crippen molar-refractivity contribution in [2.75, 3.05) is 0 Å². The lowest BCUT2D eigenvalue weighted by atomic mass is 10.0. The van der Waals surface area contributed by atoms with Crippen LogP contribution in [0.4, 0.5) is 0 Å². The molecular formula is C15H17Cl3N2O. The van der Waals surface area contributed by atoms with Gasteiger partial charge in [0.25, 0.3) is 0 Å². The van der Waals surface area contributed by atoms with Gasteiger partial charge in [-0.05, 0) is 39.3 Å². The SMILES string of the molecule is Cc1noc(C)c1C(C)NC(C)c1ccc(Cl)c(Cl)c1Cl. The summed E-state index contributed by atoms with van der Waals surface area (Å²) in [6.45, 7) is 7.93. The molecule has 0 fully saturated rings. The van der Waals surface area contributed by atoms with Crippen LogP contribution in [0.25, 0.3) is 0 Å². The van der Waals surface area contributed by atoms with E-state index in [2.05, 4.69) is 17.4 Å². The summed E-state index contributed by atoms with van der Waals surface area (Å²) in [7, 11) is 0. The molecule has 2 rings (SSSR count). The highest BCUT2D eigenvalue weighted by Gasteiger charge is 2.20. The molecule has 0 aliphatic heterocycles. The summed E-state index contributed by atoms with van der Waals surface area (Å²) >= 11 is 18.3. The van der Waals surface area contributed by atoms with Crippen molar-refractivity contribution in [1.82, 2.24) is 10.5 Å². The first-order valence-electron chi connectivity index (χ1n) is 6.65. The molecule has 0 spiro atoms. The molecule has 0 aliphatic rings. The van der Waals surface area contributed by atoms with E-state index >= 15 is 0 Å². The minimum Gasteiger partial charge on any atom is -0.361 e. The maximum absolute atomic E-state index is 6.28. The van der Waals surface area contributed by atoms with Crippen LogP contribution in [0.15, 0.2) is 16.7 Å². The number of rotatable bonds is 4. The fourth-order valence-electron chi connectivity index (χ4n) is 2.53. The van der Waals surface area contributed by atoms with E-state index in [0.717, 1.165) is 22.6 Å². The first kappa shape index (κ1) is 16.6. The summed E-state index contributed by atoms with van der Waals surface area (Å²) in [6.07, 6.45) is 0. The number of hydrogen-bond acceptors (Lipinski definition) is 3. The first-order valence-corrected chi connectivity index (χ1v) is 7.78. The van der Waals surface area contributed by atoms with E-state index < -0.39 is 0 Å². The van der Waals surface area contributed by atoms with Crippen LogP contribution in [-0.4, -0.2) is 5.16 Å². The average Bonchev–Trinajstić information content (AvgIpc) is 2.75. The van der Waals surface area contributed by atoms with E-state index in [1.807, 2.05) is 26.8 Å². The summed E-state index contributed by atoms with van der Waals surface area (Å²) in [5.41, 5.74) is 2.86. The fourth-order valence-corrected chi connectivity index (χ4v) is 3.24. The van der Waals surface area contributed by atoms with Crippen molar-refractivity contribution in [3.05, 3.63) is 49.8 Å². The van der Waals surface area contributed by atoms with Gasteiger partial charge in [0.05, 0.1) is 20.8 Å². The maximum Gasteiger partial charge on any atom is 0.138 e. The van der Waals surface area contributed by atoms with Gasteiger partial charge in [-0.3, -0.25) is 0 Å². The van der Waals surface area contributed by atoms with E-state index in [4.69, 9.17) is 39.3 Å². The quantitative estimate of drug-likeness (QED) is 0.725. The molecule has 1 N–H and O–H groups in total. The Morgan fingerprint density at radius 3 is 2.29 bits per heavy atom. The summed E-state index contributed by atoms with van der Waals surface area (Å²) in [5.74, 6) is 0.819. The van der Waals surface area contributed by atoms with Crippen LogP contribution in [-0.2, 0) is 0 Å². The summed E-state index contributed by atoms with van der Waals surface area (Å²) in [4.78, 5) is 0. The van der Waals surface area contributed by atoms with Gasteiger partial charge in [0, 0.05) is 17.6 Å². The van der Waals surface area contributed by atoms with Gasteiger partial charge in [0.15, 0.2) is 0 Å². The Labute approximate surface area is 139 Å². The van der Waals surface area contributed by atoms with Crippen LogP contribution in [0.1, 0.15) is 48.5 Å². The molecule has 1 aromatic heterocycles. The van der Waals surface area contributed by atoms with Gasteiger partial charge in [-0.2, -0.15) is 0 Å². The first-order chi connectivity index (χ1) is 9.82. The number of nitrogens with zero attached hydrogens (tertiary/aromatic N) is 1. The highest BCUT2D eigenvalue weighted by molar-refractivity contribution is 6.48. The van der Waals surface area contributed by atoms with Crippen LogP contribution >= 0.6 is 34.8 Å². The third-order valence-electron chi connectivity index (χ3n) is 3.55. The van der Waals surface area contributed by atoms with Crippen molar-refractivity contribution in [3.63, 3.8) is 0 Å². The molecule has 21 heavy (non-hydrogen) atoms. The number of aryl methyl sites for hydroxylation is 2. The molecule has 0 bridgehead atoms. The fraction of sp³-hybridized carbons (Fsp3) is 0.400. The van der Waals surface area contributed by atoms with Gasteiger partial charge in [-0.15, -0.1) is 0 Å². The zero-order valence-electron chi connectivity index (χ0n) is 12.3. The zero-order chi connectivity index (χ0) is 15.7. The Bertz CT molecular complexity index is 635. The van der Waals surface area contributed by atoms with Gasteiger partial charge in [0.1, 0.15) is 5.76 Å². The monoisotopic (exact) mass is 346 g/mol. The van der Waals surface area contributed by atoms with Crippen molar-refractivity contribution in [2.24, 2.45) is 0 Å². The molecule has 0 saturated carbocycles. The Kier molecular flexibility index (Phi) is 5.20. The summed E-state index contributed by atoms with van der Waals surface area (Å²) in [6, 6.07) is 3.73. The van der Waals surface area contributed by atoms with Gasteiger partial charge in [-0.1, -0.05) is 46.0 Å². The van der Waals surface area contributed by atoms with Gasteiger partial charge in [0.2, 0.25) is 0 Å². The molecular weight excluding hydrogens is 331 g/mol. The summed E-state index contributed by atoms with van der Waals surface area (Å²) < 4.78 is 5.21. The molecule has 1 heterocycles. The van der Waals surface area contributed by atoms with Crippen molar-refractivity contribution < 1.29 is 4.52 Å². The zero-order valence-corrected chi connectivity index (χ0v) is 14.6. The predicted octanol–water partition coefficient (Wildman–Crippen LogP) is 5.66. The lowest BCUT2D eigenvalue weighted by Gasteiger charge is -2.22. The van der Waals surface area contributed by atoms with E-state index in [1.54, 1.807) is 6.07 Å². The molecule has 1 aromatic carbocycles. The number of hydrogen-bond donors (Lipinski definition) is 1. The molecule has 2 unspecified atom stereocenters. The average molecular weight is 348 g/mol. The third-order valence-corrected chi connectivity index (χ3v) is 4.86. The Morgan fingerprint density at radius 2 is 1.71 bits per heavy atom. The Hall–Kier alpha value is -0.740. The normalized spacial score (nSPS) is 14.2. The lowest BCUT2D eigenvalue weighted by Crippen LogP contribution is -2.23. The van der Waals surface area contributed by atoms with Crippen molar-refractivity contribution in [3.8, 4) is 0 Å². The minimum atomic E-state index is 0.0102. The molecule has 0 aliphatic carbocycles. The standard InChI is InChI=1S/C15H17Cl3N2O/c1-7(11-5-6-12(16)15(18)14(11)17)19-8(2)13-9(3)20-21-10(13)4/h5-8,19H,1-4H3. The molecule has 0 saturated heterocycles. The Morgan fingerprint density at radius 1 is 1.05 bits per heavy atom. The highest BCUT2D eigenvalue weighted by Crippen LogP contribution is 2.36. The number of nitrogens with one attached hydrogen (secondary N) is 1. The van der Waals surface area contributed by atoms with E-state index in [1.165, 1.54) is 0 Å². The molecule has 3 nitrogen and oxygen atoms in total. The van der Waals surface area contributed by atoms with Gasteiger partial charge >= 0.3 is 0 Å². The Balaban J connectivity index is 2.22. The van der Waals surface area contributed by atoms with E-state index in [-0.39, 0.29) is 12.1 Å². The van der Waals surface area contributed by atoms with Gasteiger partial charge < -0.3 is 9.84 Å². The number of benzene rings is 1. The van der Waals surface area contributed by atoms with Crippen LogP contribution in [0.5, 0.6) is 0 Å². The van der Waals surface area contributed by atoms with Crippen LogP contribution in [0.3, 0.4) is 0 Å². The largest absolute Gasteiger partial charge is 0.361 e. The molecule has 6 heteroatoms.